The van der Waals surface area contributed by atoms with Crippen LogP contribution in [0.1, 0.15) is 17.5 Å². The molecular weight excluding hydrogens is 360 g/mol. The molecule has 3 rings (SSSR count). The topological polar surface area (TPSA) is 46.3 Å². The highest BCUT2D eigenvalue weighted by Gasteiger charge is 2.29. The van der Waals surface area contributed by atoms with Crippen molar-refractivity contribution in [2.75, 3.05) is 18.0 Å². The molecule has 0 amide bonds. The van der Waals surface area contributed by atoms with Crippen molar-refractivity contribution in [1.29, 1.82) is 0 Å². The highest BCUT2D eigenvalue weighted by molar-refractivity contribution is 9.10. The molecule has 0 saturated carbocycles. The number of benzene rings is 2. The Bertz CT molecular complexity index is 761. The Morgan fingerprint density at radius 1 is 1.18 bits per heavy atom. The number of hydrogen-bond donors (Lipinski definition) is 1. The Hall–Kier alpha value is -1.17. The molecule has 1 heterocycles. The third-order valence-electron chi connectivity index (χ3n) is 4.13. The Kier molecular flexibility index (Phi) is 4.39. The van der Waals surface area contributed by atoms with Gasteiger partial charge < -0.3 is 10.6 Å². The number of anilines is 2. The first kappa shape index (κ1) is 15.7. The molecular formula is C17H19BrN2OS. The van der Waals surface area contributed by atoms with E-state index in [1.54, 1.807) is 0 Å². The van der Waals surface area contributed by atoms with E-state index in [1.807, 2.05) is 18.2 Å². The van der Waals surface area contributed by atoms with Crippen LogP contribution in [-0.2, 0) is 10.8 Å². The quantitative estimate of drug-likeness (QED) is 0.876. The Labute approximate surface area is 142 Å². The molecule has 0 aliphatic carbocycles. The van der Waals surface area contributed by atoms with E-state index in [2.05, 4.69) is 46.8 Å². The van der Waals surface area contributed by atoms with Gasteiger partial charge in [0, 0.05) is 11.0 Å². The first-order chi connectivity index (χ1) is 10.5. The summed E-state index contributed by atoms with van der Waals surface area (Å²) < 4.78 is 13.9. The van der Waals surface area contributed by atoms with Crippen LogP contribution in [0, 0.1) is 13.8 Å². The van der Waals surface area contributed by atoms with Gasteiger partial charge >= 0.3 is 0 Å². The van der Waals surface area contributed by atoms with Crippen molar-refractivity contribution in [3.05, 3.63) is 45.9 Å². The average Bonchev–Trinajstić information content (AvgIpc) is 2.50. The normalized spacial score (nSPS) is 16.4. The van der Waals surface area contributed by atoms with Gasteiger partial charge in [0.05, 0.1) is 32.0 Å². The summed E-state index contributed by atoms with van der Waals surface area (Å²) in [4.78, 5) is 4.04. The van der Waals surface area contributed by atoms with E-state index >= 15 is 0 Å². The van der Waals surface area contributed by atoms with Crippen LogP contribution in [0.4, 0.5) is 11.4 Å². The van der Waals surface area contributed by atoms with Crippen molar-refractivity contribution in [1.82, 2.24) is 0 Å². The van der Waals surface area contributed by atoms with Gasteiger partial charge in [-0.1, -0.05) is 22.0 Å². The minimum Gasteiger partial charge on any atom is -0.339 e. The van der Waals surface area contributed by atoms with Crippen LogP contribution in [0.25, 0.3) is 0 Å². The second-order valence-electron chi connectivity index (χ2n) is 5.53. The summed E-state index contributed by atoms with van der Waals surface area (Å²) in [6.07, 6.45) is 0.894. The highest BCUT2D eigenvalue weighted by Crippen LogP contribution is 2.45. The fraction of sp³-hybridized carbons (Fsp3) is 0.294. The Morgan fingerprint density at radius 3 is 2.64 bits per heavy atom. The minimum atomic E-state index is -1.14. The monoisotopic (exact) mass is 378 g/mol. The van der Waals surface area contributed by atoms with Gasteiger partial charge in [0.2, 0.25) is 0 Å². The number of fused-ring (bicyclic) bond motifs is 2. The summed E-state index contributed by atoms with van der Waals surface area (Å²) in [6, 6.07) is 9.99. The van der Waals surface area contributed by atoms with Crippen LogP contribution in [0.2, 0.25) is 0 Å². The molecule has 22 heavy (non-hydrogen) atoms. The Morgan fingerprint density at radius 2 is 1.91 bits per heavy atom. The molecule has 2 aromatic carbocycles. The zero-order valence-electron chi connectivity index (χ0n) is 12.7. The number of aryl methyl sites for hydroxylation is 1. The maximum atomic E-state index is 12.9. The number of halogens is 1. The van der Waals surface area contributed by atoms with Gasteiger partial charge in [-0.05, 0) is 62.2 Å². The van der Waals surface area contributed by atoms with Gasteiger partial charge in [0.15, 0.2) is 0 Å². The smallest absolute Gasteiger partial charge is 0.0892 e. The second kappa shape index (κ2) is 6.14. The average molecular weight is 379 g/mol. The maximum absolute atomic E-state index is 12.9. The van der Waals surface area contributed by atoms with Crippen molar-refractivity contribution in [2.45, 2.75) is 30.1 Å². The molecule has 0 spiro atoms. The first-order valence-electron chi connectivity index (χ1n) is 7.33. The van der Waals surface area contributed by atoms with Crippen LogP contribution in [0.15, 0.2) is 44.6 Å². The zero-order chi connectivity index (χ0) is 15.9. The van der Waals surface area contributed by atoms with Gasteiger partial charge in [0.1, 0.15) is 0 Å². The van der Waals surface area contributed by atoms with Gasteiger partial charge in [-0.15, -0.1) is 0 Å². The number of hydrogen-bond acceptors (Lipinski definition) is 3. The molecule has 0 radical (unpaired) electrons. The molecule has 0 bridgehead atoms. The van der Waals surface area contributed by atoms with E-state index in [1.165, 1.54) is 11.1 Å². The SMILES string of the molecule is Cc1ccc2c(c1C)N(CCCN)c1cc(Br)ccc1S2=O. The molecule has 2 N–H and O–H groups in total. The molecule has 3 nitrogen and oxygen atoms in total. The van der Waals surface area contributed by atoms with Crippen LogP contribution in [0.3, 0.4) is 0 Å². The maximum Gasteiger partial charge on any atom is 0.0892 e. The lowest BCUT2D eigenvalue weighted by molar-refractivity contribution is 0.680. The van der Waals surface area contributed by atoms with Gasteiger partial charge in [-0.2, -0.15) is 0 Å². The second-order valence-corrected chi connectivity index (χ2v) is 7.86. The fourth-order valence-electron chi connectivity index (χ4n) is 2.84. The van der Waals surface area contributed by atoms with Crippen molar-refractivity contribution >= 4 is 38.1 Å². The van der Waals surface area contributed by atoms with Crippen LogP contribution in [-0.4, -0.2) is 17.3 Å². The van der Waals surface area contributed by atoms with Gasteiger partial charge in [-0.25, -0.2) is 4.21 Å². The van der Waals surface area contributed by atoms with E-state index in [4.69, 9.17) is 5.73 Å². The lowest BCUT2D eigenvalue weighted by Crippen LogP contribution is -2.27. The number of nitrogens with zero attached hydrogens (tertiary/aromatic N) is 1. The molecule has 0 saturated heterocycles. The van der Waals surface area contributed by atoms with Crippen LogP contribution >= 0.6 is 15.9 Å². The molecule has 1 aliphatic rings. The highest BCUT2D eigenvalue weighted by atomic mass is 79.9. The van der Waals surface area contributed by atoms with Crippen molar-refractivity contribution in [2.24, 2.45) is 5.73 Å². The summed E-state index contributed by atoms with van der Waals surface area (Å²) in [7, 11) is -1.14. The minimum absolute atomic E-state index is 0.642. The molecule has 1 atom stereocenters. The molecule has 5 heteroatoms. The van der Waals surface area contributed by atoms with Crippen molar-refractivity contribution in [3.8, 4) is 0 Å². The number of nitrogens with two attached hydrogens (primary N) is 1. The molecule has 2 aromatic rings. The standard InChI is InChI=1S/C17H19BrN2OS/c1-11-4-6-16-17(12(11)2)20(9-3-8-19)14-10-13(18)5-7-15(14)22(16)21/h4-7,10H,3,8-9,19H2,1-2H3. The molecule has 116 valence electrons. The summed E-state index contributed by atoms with van der Waals surface area (Å²) in [5.74, 6) is 0. The molecule has 1 aliphatic heterocycles. The van der Waals surface area contributed by atoms with E-state index < -0.39 is 10.8 Å². The summed E-state index contributed by atoms with van der Waals surface area (Å²) >= 11 is 3.53. The van der Waals surface area contributed by atoms with Crippen LogP contribution in [0.5, 0.6) is 0 Å². The van der Waals surface area contributed by atoms with Crippen LogP contribution < -0.4 is 10.6 Å². The molecule has 0 fully saturated rings. The van der Waals surface area contributed by atoms with E-state index in [0.717, 1.165) is 38.6 Å². The predicted octanol–water partition coefficient (Wildman–Crippen LogP) is 4.03. The first-order valence-corrected chi connectivity index (χ1v) is 9.28. The third-order valence-corrected chi connectivity index (χ3v) is 6.10. The lowest BCUT2D eigenvalue weighted by atomic mass is 10.1. The Balaban J connectivity index is 2.25. The summed E-state index contributed by atoms with van der Waals surface area (Å²) in [6.45, 7) is 5.66. The predicted molar refractivity (Wildman–Crippen MR) is 95.4 cm³/mol. The third kappa shape index (κ3) is 2.51. The van der Waals surface area contributed by atoms with E-state index in [-0.39, 0.29) is 0 Å². The van der Waals surface area contributed by atoms with E-state index in [9.17, 15) is 4.21 Å². The summed E-state index contributed by atoms with van der Waals surface area (Å²) in [5, 5.41) is 0. The van der Waals surface area contributed by atoms with Gasteiger partial charge in [-0.3, -0.25) is 0 Å². The summed E-state index contributed by atoms with van der Waals surface area (Å²) in [5.41, 5.74) is 10.2. The molecule has 0 aromatic heterocycles. The largest absolute Gasteiger partial charge is 0.339 e. The number of rotatable bonds is 3. The van der Waals surface area contributed by atoms with Gasteiger partial charge in [0.25, 0.3) is 0 Å². The van der Waals surface area contributed by atoms with Crippen molar-refractivity contribution < 1.29 is 4.21 Å². The molecule has 1 unspecified atom stereocenters. The fourth-order valence-corrected chi connectivity index (χ4v) is 4.61. The van der Waals surface area contributed by atoms with E-state index in [0.29, 0.717) is 6.54 Å². The lowest BCUT2D eigenvalue weighted by Gasteiger charge is -2.34. The zero-order valence-corrected chi connectivity index (χ0v) is 15.1. The van der Waals surface area contributed by atoms with Crippen molar-refractivity contribution in [3.63, 3.8) is 0 Å².